The van der Waals surface area contributed by atoms with Crippen molar-refractivity contribution in [2.75, 3.05) is 18.4 Å². The SMILES string of the molecule is Cc1nc(C(=O)N2CC(F)(F)CC(C)C2CNc2ccc(C(F)(F)F)cn2)c(-c2ccccc2C)s1. The molecule has 1 N–H and O–H groups in total. The molecular formula is C25H25F5N4OS. The minimum atomic E-state index is -4.52. The Morgan fingerprint density at radius 2 is 1.92 bits per heavy atom. The number of rotatable bonds is 5. The molecule has 11 heteroatoms. The molecule has 1 aromatic carbocycles. The van der Waals surface area contributed by atoms with Crippen LogP contribution in [-0.2, 0) is 6.18 Å². The molecule has 2 aromatic heterocycles. The second-order valence-electron chi connectivity index (χ2n) is 9.07. The van der Waals surface area contributed by atoms with Crippen molar-refractivity contribution in [3.8, 4) is 10.4 Å². The van der Waals surface area contributed by atoms with E-state index in [0.717, 1.165) is 22.1 Å². The number of likely N-dealkylation sites (tertiary alicyclic amines) is 1. The largest absolute Gasteiger partial charge is 0.417 e. The third-order valence-electron chi connectivity index (χ3n) is 6.25. The zero-order valence-corrected chi connectivity index (χ0v) is 20.7. The van der Waals surface area contributed by atoms with E-state index in [0.29, 0.717) is 16.1 Å². The second-order valence-corrected chi connectivity index (χ2v) is 10.3. The number of pyridine rings is 1. The lowest BCUT2D eigenvalue weighted by Crippen LogP contribution is -2.57. The number of nitrogens with zero attached hydrogens (tertiary/aromatic N) is 3. The Labute approximate surface area is 209 Å². The number of hydrogen-bond donors (Lipinski definition) is 1. The summed E-state index contributed by atoms with van der Waals surface area (Å²) < 4.78 is 67.7. The number of anilines is 1. The van der Waals surface area contributed by atoms with Crippen LogP contribution in [-0.4, -0.2) is 45.8 Å². The lowest BCUT2D eigenvalue weighted by Gasteiger charge is -2.43. The van der Waals surface area contributed by atoms with Crippen LogP contribution in [0.5, 0.6) is 0 Å². The Morgan fingerprint density at radius 3 is 2.56 bits per heavy atom. The number of amides is 1. The van der Waals surface area contributed by atoms with Gasteiger partial charge in [-0.2, -0.15) is 13.2 Å². The van der Waals surface area contributed by atoms with Crippen molar-refractivity contribution in [1.82, 2.24) is 14.9 Å². The third kappa shape index (κ3) is 5.50. The summed E-state index contributed by atoms with van der Waals surface area (Å²) in [6.07, 6.45) is -4.22. The molecule has 0 bridgehead atoms. The van der Waals surface area contributed by atoms with Gasteiger partial charge in [0.15, 0.2) is 0 Å². The topological polar surface area (TPSA) is 58.1 Å². The van der Waals surface area contributed by atoms with Gasteiger partial charge in [0.2, 0.25) is 0 Å². The molecule has 1 aliphatic heterocycles. The van der Waals surface area contributed by atoms with E-state index in [9.17, 15) is 26.7 Å². The molecule has 3 aromatic rings. The first-order valence-electron chi connectivity index (χ1n) is 11.3. The van der Waals surface area contributed by atoms with Crippen LogP contribution in [0.1, 0.15) is 40.0 Å². The molecule has 0 saturated carbocycles. The molecule has 4 rings (SSSR count). The Hall–Kier alpha value is -3.08. The van der Waals surface area contributed by atoms with Gasteiger partial charge in [-0.05, 0) is 43.0 Å². The van der Waals surface area contributed by atoms with Gasteiger partial charge in [-0.25, -0.2) is 18.7 Å². The molecule has 3 heterocycles. The summed E-state index contributed by atoms with van der Waals surface area (Å²) >= 11 is 1.33. The standard InChI is InChI=1S/C25H25F5N4OS/c1-14-6-4-5-7-18(14)22-21(33-16(3)36-22)23(35)34-13-24(26,27)10-15(2)19(34)12-32-20-9-8-17(11-31-20)25(28,29)30/h4-9,11,15,19H,10,12-13H2,1-3H3,(H,31,32). The number of thiazole rings is 1. The summed E-state index contributed by atoms with van der Waals surface area (Å²) in [4.78, 5) is 23.6. The number of benzene rings is 1. The first-order chi connectivity index (χ1) is 16.9. The van der Waals surface area contributed by atoms with Gasteiger partial charge in [0, 0.05) is 19.2 Å². The number of halogens is 5. The highest BCUT2D eigenvalue weighted by Gasteiger charge is 2.47. The number of piperidine rings is 1. The number of carbonyl (C=O) groups excluding carboxylic acids is 1. The van der Waals surface area contributed by atoms with Crippen LogP contribution in [0, 0.1) is 19.8 Å². The second kappa shape index (κ2) is 9.76. The minimum absolute atomic E-state index is 0.0458. The van der Waals surface area contributed by atoms with E-state index in [1.165, 1.54) is 17.4 Å². The fourth-order valence-electron chi connectivity index (χ4n) is 4.47. The van der Waals surface area contributed by atoms with Crippen LogP contribution in [0.25, 0.3) is 10.4 Å². The maximum atomic E-state index is 14.6. The van der Waals surface area contributed by atoms with Gasteiger partial charge >= 0.3 is 6.18 Å². The quantitative estimate of drug-likeness (QED) is 0.391. The molecule has 36 heavy (non-hydrogen) atoms. The number of aryl methyl sites for hydroxylation is 2. The van der Waals surface area contributed by atoms with Crippen LogP contribution in [0.2, 0.25) is 0 Å². The molecular weight excluding hydrogens is 499 g/mol. The minimum Gasteiger partial charge on any atom is -0.368 e. The molecule has 5 nitrogen and oxygen atoms in total. The molecule has 0 radical (unpaired) electrons. The van der Waals surface area contributed by atoms with E-state index in [1.54, 1.807) is 13.8 Å². The highest BCUT2D eigenvalue weighted by Crippen LogP contribution is 2.38. The van der Waals surface area contributed by atoms with Gasteiger partial charge in [0.1, 0.15) is 11.5 Å². The molecule has 1 amide bonds. The Bertz CT molecular complexity index is 1240. The van der Waals surface area contributed by atoms with Crippen molar-refractivity contribution in [2.24, 2.45) is 5.92 Å². The van der Waals surface area contributed by atoms with Crippen LogP contribution in [0.3, 0.4) is 0 Å². The molecule has 0 aliphatic carbocycles. The fraction of sp³-hybridized carbons (Fsp3) is 0.400. The van der Waals surface area contributed by atoms with Crippen molar-refractivity contribution in [1.29, 1.82) is 0 Å². The first-order valence-corrected chi connectivity index (χ1v) is 12.2. The van der Waals surface area contributed by atoms with Crippen LogP contribution in [0.4, 0.5) is 27.8 Å². The van der Waals surface area contributed by atoms with Gasteiger partial charge in [-0.15, -0.1) is 11.3 Å². The number of hydrogen-bond acceptors (Lipinski definition) is 5. The van der Waals surface area contributed by atoms with Crippen molar-refractivity contribution in [2.45, 2.75) is 45.3 Å². The Kier molecular flexibility index (Phi) is 7.05. The van der Waals surface area contributed by atoms with Crippen molar-refractivity contribution >= 4 is 23.1 Å². The monoisotopic (exact) mass is 524 g/mol. The van der Waals surface area contributed by atoms with Crippen molar-refractivity contribution in [3.63, 3.8) is 0 Å². The smallest absolute Gasteiger partial charge is 0.368 e. The molecule has 192 valence electrons. The van der Waals surface area contributed by atoms with Crippen LogP contribution in [0.15, 0.2) is 42.6 Å². The Morgan fingerprint density at radius 1 is 1.19 bits per heavy atom. The molecule has 1 aliphatic rings. The van der Waals surface area contributed by atoms with E-state index < -0.39 is 48.5 Å². The lowest BCUT2D eigenvalue weighted by atomic mass is 9.88. The van der Waals surface area contributed by atoms with Crippen LogP contribution < -0.4 is 5.32 Å². The van der Waals surface area contributed by atoms with Gasteiger partial charge in [0.25, 0.3) is 11.8 Å². The highest BCUT2D eigenvalue weighted by atomic mass is 32.1. The average Bonchev–Trinajstić information content (AvgIpc) is 3.18. The van der Waals surface area contributed by atoms with E-state index in [2.05, 4.69) is 15.3 Å². The molecule has 0 spiro atoms. The van der Waals surface area contributed by atoms with Crippen LogP contribution >= 0.6 is 11.3 Å². The fourth-order valence-corrected chi connectivity index (χ4v) is 5.47. The van der Waals surface area contributed by atoms with E-state index >= 15 is 0 Å². The molecule has 2 atom stereocenters. The molecule has 2 unspecified atom stereocenters. The molecule has 1 fully saturated rings. The first kappa shape index (κ1) is 26.0. The number of nitrogens with one attached hydrogen (secondary N) is 1. The summed E-state index contributed by atoms with van der Waals surface area (Å²) in [6, 6.07) is 8.90. The summed E-state index contributed by atoms with van der Waals surface area (Å²) in [5, 5.41) is 3.55. The highest BCUT2D eigenvalue weighted by molar-refractivity contribution is 7.15. The van der Waals surface area contributed by atoms with Gasteiger partial charge in [-0.1, -0.05) is 31.2 Å². The van der Waals surface area contributed by atoms with Gasteiger partial charge in [0.05, 0.1) is 28.0 Å². The van der Waals surface area contributed by atoms with E-state index in [4.69, 9.17) is 0 Å². The average molecular weight is 525 g/mol. The predicted molar refractivity (Wildman–Crippen MR) is 128 cm³/mol. The predicted octanol–water partition coefficient (Wildman–Crippen LogP) is 6.44. The maximum Gasteiger partial charge on any atom is 0.417 e. The van der Waals surface area contributed by atoms with Crippen molar-refractivity contribution in [3.05, 3.63) is 64.4 Å². The zero-order chi connectivity index (χ0) is 26.3. The summed E-state index contributed by atoms with van der Waals surface area (Å²) in [5.74, 6) is -4.10. The maximum absolute atomic E-state index is 14.6. The van der Waals surface area contributed by atoms with Crippen molar-refractivity contribution < 1.29 is 26.7 Å². The van der Waals surface area contributed by atoms with E-state index in [-0.39, 0.29) is 18.1 Å². The van der Waals surface area contributed by atoms with E-state index in [1.807, 2.05) is 31.2 Å². The zero-order valence-electron chi connectivity index (χ0n) is 19.9. The number of alkyl halides is 5. The molecule has 1 saturated heterocycles. The normalized spacial score (nSPS) is 19.8. The summed E-state index contributed by atoms with van der Waals surface area (Å²) in [7, 11) is 0. The number of aromatic nitrogens is 2. The lowest BCUT2D eigenvalue weighted by molar-refractivity contribution is -0.137. The number of carbonyl (C=O) groups is 1. The third-order valence-corrected chi connectivity index (χ3v) is 7.25. The van der Waals surface area contributed by atoms with Gasteiger partial charge in [-0.3, -0.25) is 4.79 Å². The van der Waals surface area contributed by atoms with Gasteiger partial charge < -0.3 is 10.2 Å². The summed E-state index contributed by atoms with van der Waals surface area (Å²) in [5.41, 5.74) is 0.971. The summed E-state index contributed by atoms with van der Waals surface area (Å²) in [6.45, 7) is 4.57. The Balaban J connectivity index is 1.62.